The number of carbonyl (C=O) groups is 1. The number of hydrogen-bond donors (Lipinski definition) is 2. The van der Waals surface area contributed by atoms with E-state index in [1.165, 1.54) is 238 Å². The van der Waals surface area contributed by atoms with Crippen LogP contribution in [0.5, 0.6) is 0 Å². The number of carbonyl (C=O) groups excluding carboxylic acids is 1. The van der Waals surface area contributed by atoms with Gasteiger partial charge in [0.05, 0.1) is 39.9 Å². The molecule has 0 saturated heterocycles. The van der Waals surface area contributed by atoms with Crippen molar-refractivity contribution in [2.75, 3.05) is 40.9 Å². The average Bonchev–Trinajstić information content (AvgIpc) is 3.38. The number of rotatable bonds is 60. The Kier molecular flexibility index (Phi) is 56.5. The zero-order valence-electron chi connectivity index (χ0n) is 51.0. The number of phosphoric acid groups is 1. The summed E-state index contributed by atoms with van der Waals surface area (Å²) in [4.78, 5) is 25.6. The number of aliphatic hydroxyl groups excluding tert-OH is 1. The van der Waals surface area contributed by atoms with Crippen LogP contribution in [-0.2, 0) is 18.4 Å². The van der Waals surface area contributed by atoms with Crippen LogP contribution in [-0.4, -0.2) is 68.5 Å². The Morgan fingerprint density at radius 2 is 0.776 bits per heavy atom. The first kappa shape index (κ1) is 74.2. The number of allylic oxidation sites excluding steroid dienone is 9. The van der Waals surface area contributed by atoms with Gasteiger partial charge in [-0.3, -0.25) is 9.36 Å². The van der Waals surface area contributed by atoms with Crippen LogP contribution in [0.4, 0.5) is 0 Å². The van der Waals surface area contributed by atoms with Crippen molar-refractivity contribution in [1.29, 1.82) is 0 Å². The van der Waals surface area contributed by atoms with E-state index in [2.05, 4.69) is 67.8 Å². The fourth-order valence-corrected chi connectivity index (χ4v) is 10.3. The largest absolute Gasteiger partial charge is 0.756 e. The molecule has 0 spiro atoms. The summed E-state index contributed by atoms with van der Waals surface area (Å²) in [5, 5.41) is 13.9. The van der Waals surface area contributed by atoms with Crippen molar-refractivity contribution >= 4 is 13.7 Å². The highest BCUT2D eigenvalue weighted by atomic mass is 31.2. The second kappa shape index (κ2) is 57.9. The Labute approximate surface area is 472 Å². The van der Waals surface area contributed by atoms with Crippen LogP contribution in [0.2, 0.25) is 0 Å². The lowest BCUT2D eigenvalue weighted by molar-refractivity contribution is -0.870. The first-order chi connectivity index (χ1) is 37.0. The monoisotopic (exact) mass is 1090 g/mol. The summed E-state index contributed by atoms with van der Waals surface area (Å²) in [6.45, 7) is 4.65. The number of nitrogens with one attached hydrogen (secondary N) is 1. The van der Waals surface area contributed by atoms with Gasteiger partial charge >= 0.3 is 0 Å². The van der Waals surface area contributed by atoms with E-state index in [4.69, 9.17) is 9.05 Å². The summed E-state index contributed by atoms with van der Waals surface area (Å²) in [5.74, 6) is -0.210. The van der Waals surface area contributed by atoms with E-state index in [0.29, 0.717) is 17.4 Å². The number of quaternary nitrogens is 1. The van der Waals surface area contributed by atoms with Gasteiger partial charge in [-0.05, 0) is 77.0 Å². The molecule has 3 unspecified atom stereocenters. The molecular weight excluding hydrogens is 960 g/mol. The van der Waals surface area contributed by atoms with E-state index in [0.717, 1.165) is 51.4 Å². The highest BCUT2D eigenvalue weighted by molar-refractivity contribution is 7.45. The van der Waals surface area contributed by atoms with Crippen LogP contribution in [0, 0.1) is 0 Å². The first-order valence-corrected chi connectivity index (χ1v) is 34.1. The molecule has 8 nitrogen and oxygen atoms in total. The fourth-order valence-electron chi connectivity index (χ4n) is 9.57. The molecule has 0 saturated carbocycles. The fraction of sp³-hybridized carbons (Fsp3) is 0.836. The van der Waals surface area contributed by atoms with E-state index in [-0.39, 0.29) is 12.5 Å². The number of hydrogen-bond acceptors (Lipinski definition) is 6. The number of nitrogens with zero attached hydrogens (tertiary/aromatic N) is 1. The average molecular weight is 1090 g/mol. The maximum Gasteiger partial charge on any atom is 0.268 e. The van der Waals surface area contributed by atoms with E-state index >= 15 is 0 Å². The molecule has 76 heavy (non-hydrogen) atoms. The van der Waals surface area contributed by atoms with Crippen molar-refractivity contribution in [1.82, 2.24) is 5.32 Å². The predicted molar refractivity (Wildman–Crippen MR) is 330 cm³/mol. The van der Waals surface area contributed by atoms with E-state index < -0.39 is 26.6 Å². The van der Waals surface area contributed by atoms with Gasteiger partial charge in [0.15, 0.2) is 0 Å². The molecule has 446 valence electrons. The topological polar surface area (TPSA) is 108 Å². The van der Waals surface area contributed by atoms with Gasteiger partial charge in [-0.25, -0.2) is 0 Å². The number of amides is 1. The molecule has 0 rings (SSSR count). The van der Waals surface area contributed by atoms with E-state index in [1.807, 2.05) is 27.2 Å². The number of phosphoric ester groups is 1. The SMILES string of the molecule is CCCCCCC/C=C\C/C=C\CCCCCCCCCCCCCCCC(=O)NC(COP(=O)([O-])OCC[N+](C)(C)C)C(O)/C=C/CC/C=C/CC/C=C/CCCCCCCCCCCCCCCCCCCCC. The summed E-state index contributed by atoms with van der Waals surface area (Å²) >= 11 is 0. The van der Waals surface area contributed by atoms with Crippen molar-refractivity contribution in [3.63, 3.8) is 0 Å². The highest BCUT2D eigenvalue weighted by Crippen LogP contribution is 2.38. The third-order valence-electron chi connectivity index (χ3n) is 14.7. The van der Waals surface area contributed by atoms with Gasteiger partial charge in [0.25, 0.3) is 7.82 Å². The van der Waals surface area contributed by atoms with Crippen molar-refractivity contribution in [3.8, 4) is 0 Å². The summed E-state index contributed by atoms with van der Waals surface area (Å²) < 4.78 is 23.4. The van der Waals surface area contributed by atoms with Gasteiger partial charge in [0.1, 0.15) is 13.2 Å². The third-order valence-corrected chi connectivity index (χ3v) is 15.6. The van der Waals surface area contributed by atoms with Crippen LogP contribution in [0.3, 0.4) is 0 Å². The van der Waals surface area contributed by atoms with Crippen molar-refractivity contribution in [2.24, 2.45) is 0 Å². The summed E-state index contributed by atoms with van der Waals surface area (Å²) in [6.07, 6.45) is 79.0. The summed E-state index contributed by atoms with van der Waals surface area (Å²) in [7, 11) is 1.24. The van der Waals surface area contributed by atoms with Crippen LogP contribution in [0.25, 0.3) is 0 Å². The Bertz CT molecular complexity index is 1420. The molecule has 0 aromatic carbocycles. The lowest BCUT2D eigenvalue weighted by Gasteiger charge is -2.29. The van der Waals surface area contributed by atoms with Crippen LogP contribution in [0.15, 0.2) is 60.8 Å². The Balaban J connectivity index is 4.19. The minimum absolute atomic E-state index is 0.0101. The molecule has 0 bridgehead atoms. The predicted octanol–water partition coefficient (Wildman–Crippen LogP) is 19.8. The second-order valence-corrected chi connectivity index (χ2v) is 24.9. The van der Waals surface area contributed by atoms with Crippen LogP contribution < -0.4 is 10.2 Å². The highest BCUT2D eigenvalue weighted by Gasteiger charge is 2.23. The molecule has 0 aromatic rings. The minimum atomic E-state index is -4.62. The summed E-state index contributed by atoms with van der Waals surface area (Å²) in [5.41, 5.74) is 0. The molecular formula is C67H127N2O6P. The zero-order chi connectivity index (χ0) is 55.6. The van der Waals surface area contributed by atoms with Gasteiger partial charge in [-0.1, -0.05) is 286 Å². The summed E-state index contributed by atoms with van der Waals surface area (Å²) in [6, 6.07) is -0.914. The van der Waals surface area contributed by atoms with Gasteiger partial charge in [0, 0.05) is 6.42 Å². The van der Waals surface area contributed by atoms with Crippen molar-refractivity contribution in [3.05, 3.63) is 60.8 Å². The third kappa shape index (κ3) is 59.9. The van der Waals surface area contributed by atoms with E-state index in [9.17, 15) is 19.4 Å². The standard InChI is InChI=1S/C67H127N2O6P/c1-6-8-10-12-14-16-18-20-22-24-26-28-30-32-33-34-35-37-38-40-42-44-46-48-50-52-54-56-58-60-66(70)65(64-75-76(72,73)74-63-62-69(3,4)5)68-67(71)61-59-57-55-53-51-49-47-45-43-41-39-36-31-29-27-25-23-21-19-17-15-13-11-9-7-2/h19,21,25,27,42,44,50,52,58,60,65-66,70H,6-18,20,22-24,26,28-41,43,45-49,51,53-57,59,61-64H2,1-5H3,(H-,68,71,72,73)/b21-19-,27-25-,44-42+,52-50+,60-58+. The Morgan fingerprint density at radius 1 is 0.461 bits per heavy atom. The van der Waals surface area contributed by atoms with Crippen LogP contribution in [0.1, 0.15) is 309 Å². The molecule has 0 heterocycles. The van der Waals surface area contributed by atoms with Crippen LogP contribution >= 0.6 is 7.82 Å². The van der Waals surface area contributed by atoms with Gasteiger partial charge in [-0.15, -0.1) is 0 Å². The molecule has 0 fully saturated rings. The first-order valence-electron chi connectivity index (χ1n) is 32.7. The molecule has 0 aromatic heterocycles. The number of likely N-dealkylation sites (N-methyl/N-ethyl adjacent to an activating group) is 1. The molecule has 0 aliphatic heterocycles. The van der Waals surface area contributed by atoms with Gasteiger partial charge < -0.3 is 28.8 Å². The van der Waals surface area contributed by atoms with Crippen molar-refractivity contribution < 1.29 is 32.9 Å². The smallest absolute Gasteiger partial charge is 0.268 e. The molecule has 2 N–H and O–H groups in total. The van der Waals surface area contributed by atoms with Gasteiger partial charge in [-0.2, -0.15) is 0 Å². The molecule has 0 aliphatic carbocycles. The maximum atomic E-state index is 13.0. The van der Waals surface area contributed by atoms with Gasteiger partial charge in [0.2, 0.25) is 5.91 Å². The minimum Gasteiger partial charge on any atom is -0.756 e. The molecule has 9 heteroatoms. The van der Waals surface area contributed by atoms with E-state index in [1.54, 1.807) is 6.08 Å². The normalized spacial score (nSPS) is 14.1. The number of unbranched alkanes of at least 4 members (excludes halogenated alkanes) is 39. The number of aliphatic hydroxyl groups is 1. The lowest BCUT2D eigenvalue weighted by atomic mass is 10.0. The second-order valence-electron chi connectivity index (χ2n) is 23.4. The van der Waals surface area contributed by atoms with Crippen molar-refractivity contribution in [2.45, 2.75) is 321 Å². The maximum absolute atomic E-state index is 13.0. The quantitative estimate of drug-likeness (QED) is 0.0272. The Hall–Kier alpha value is -1.80. The molecule has 3 atom stereocenters. The zero-order valence-corrected chi connectivity index (χ0v) is 51.9. The lowest BCUT2D eigenvalue weighted by Crippen LogP contribution is -2.45. The molecule has 1 amide bonds. The Morgan fingerprint density at radius 3 is 1.14 bits per heavy atom. The molecule has 0 aliphatic rings. The molecule has 0 radical (unpaired) electrons.